The minimum absolute atomic E-state index is 0.0218. The summed E-state index contributed by atoms with van der Waals surface area (Å²) in [6.07, 6.45) is 4.29. The normalized spacial score (nSPS) is 18.5. The van der Waals surface area contributed by atoms with Gasteiger partial charge in [-0.1, -0.05) is 0 Å². The molecule has 0 aliphatic carbocycles. The summed E-state index contributed by atoms with van der Waals surface area (Å²) in [6, 6.07) is 11.1. The molecule has 9 nitrogen and oxygen atoms in total. The molecule has 5 rings (SSSR count). The maximum Gasteiger partial charge on any atom is 0.241 e. The molecule has 1 unspecified atom stereocenters. The van der Waals surface area contributed by atoms with E-state index >= 15 is 0 Å². The number of rotatable bonds is 5. The minimum Gasteiger partial charge on any atom is -0.328 e. The Hall–Kier alpha value is -3.92. The SMILES string of the molecule is CC(C)n1cnc2c(F)nc(-c3ccnc(Nc4ccc(N5CCC(C)(N)CC5=O)cc4)n3)cc21. The molecule has 1 amide bonds. The third kappa shape index (κ3) is 4.57. The van der Waals surface area contributed by atoms with Crippen LogP contribution in [0.5, 0.6) is 0 Å². The quantitative estimate of drug-likeness (QED) is 0.417. The van der Waals surface area contributed by atoms with Gasteiger partial charge in [0, 0.05) is 42.1 Å². The number of piperidine rings is 1. The van der Waals surface area contributed by atoms with Crippen LogP contribution in [0.15, 0.2) is 48.9 Å². The van der Waals surface area contributed by atoms with E-state index in [4.69, 9.17) is 5.73 Å². The number of carbonyl (C=O) groups excluding carboxylic acids is 1. The van der Waals surface area contributed by atoms with Crippen LogP contribution in [0.2, 0.25) is 0 Å². The Labute approximate surface area is 202 Å². The van der Waals surface area contributed by atoms with Gasteiger partial charge < -0.3 is 20.5 Å². The molecule has 180 valence electrons. The van der Waals surface area contributed by atoms with Gasteiger partial charge in [0.1, 0.15) is 5.52 Å². The molecule has 3 aromatic heterocycles. The number of aromatic nitrogens is 5. The number of pyridine rings is 1. The molecular formula is C25H27FN8O. The molecule has 0 radical (unpaired) electrons. The zero-order valence-corrected chi connectivity index (χ0v) is 19.9. The monoisotopic (exact) mass is 474 g/mol. The van der Waals surface area contributed by atoms with Crippen LogP contribution in [0.1, 0.15) is 39.7 Å². The molecule has 10 heteroatoms. The number of nitrogens with one attached hydrogen (secondary N) is 1. The van der Waals surface area contributed by atoms with Gasteiger partial charge >= 0.3 is 0 Å². The van der Waals surface area contributed by atoms with Crippen molar-refractivity contribution in [1.82, 2.24) is 24.5 Å². The lowest BCUT2D eigenvalue weighted by Crippen LogP contribution is -2.51. The molecule has 1 atom stereocenters. The van der Waals surface area contributed by atoms with Gasteiger partial charge in [0.05, 0.1) is 23.2 Å². The summed E-state index contributed by atoms with van der Waals surface area (Å²) in [4.78, 5) is 31.3. The number of hydrogen-bond donors (Lipinski definition) is 2. The van der Waals surface area contributed by atoms with Crippen molar-refractivity contribution in [2.24, 2.45) is 5.73 Å². The first-order valence-corrected chi connectivity index (χ1v) is 11.5. The highest BCUT2D eigenvalue weighted by Gasteiger charge is 2.32. The molecule has 1 aliphatic rings. The third-order valence-corrected chi connectivity index (χ3v) is 6.19. The first kappa shape index (κ1) is 22.9. The number of carbonyl (C=O) groups is 1. The number of amides is 1. The fourth-order valence-corrected chi connectivity index (χ4v) is 4.25. The van der Waals surface area contributed by atoms with Gasteiger partial charge in [-0.25, -0.2) is 19.9 Å². The summed E-state index contributed by atoms with van der Waals surface area (Å²) in [7, 11) is 0. The number of benzene rings is 1. The molecular weight excluding hydrogens is 447 g/mol. The fraction of sp³-hybridized carbons (Fsp3) is 0.320. The number of imidazole rings is 1. The Balaban J connectivity index is 1.37. The van der Waals surface area contributed by atoms with Gasteiger partial charge in [-0.3, -0.25) is 4.79 Å². The zero-order chi connectivity index (χ0) is 24.7. The van der Waals surface area contributed by atoms with Gasteiger partial charge in [-0.05, 0) is 63.6 Å². The predicted molar refractivity (Wildman–Crippen MR) is 133 cm³/mol. The molecule has 0 saturated carbocycles. The fourth-order valence-electron chi connectivity index (χ4n) is 4.25. The second kappa shape index (κ2) is 8.70. The van der Waals surface area contributed by atoms with E-state index in [1.54, 1.807) is 29.6 Å². The van der Waals surface area contributed by atoms with Crippen LogP contribution in [0, 0.1) is 5.95 Å². The number of fused-ring (bicyclic) bond motifs is 1. The molecule has 0 spiro atoms. The average Bonchev–Trinajstić information content (AvgIpc) is 3.25. The zero-order valence-electron chi connectivity index (χ0n) is 19.9. The molecule has 4 heterocycles. The topological polar surface area (TPSA) is 115 Å². The molecule has 1 aliphatic heterocycles. The largest absolute Gasteiger partial charge is 0.328 e. The molecule has 35 heavy (non-hydrogen) atoms. The van der Waals surface area contributed by atoms with Gasteiger partial charge in [-0.15, -0.1) is 0 Å². The summed E-state index contributed by atoms with van der Waals surface area (Å²) in [6.45, 7) is 6.51. The molecule has 1 aromatic carbocycles. The standard InChI is InChI=1S/C25H27FN8O/c1-15(2)34-14-29-22-20(34)12-19(31-23(22)26)18-8-10-28-24(32-18)30-16-4-6-17(7-5-16)33-11-9-25(3,27)13-21(33)35/h4-8,10,12,14-15H,9,11,13,27H2,1-3H3,(H,28,30,32). The summed E-state index contributed by atoms with van der Waals surface area (Å²) in [5.41, 5.74) is 9.03. The van der Waals surface area contributed by atoms with E-state index in [1.807, 2.05) is 49.6 Å². The summed E-state index contributed by atoms with van der Waals surface area (Å²) in [5.74, 6) is -0.265. The van der Waals surface area contributed by atoms with E-state index in [0.717, 1.165) is 17.8 Å². The van der Waals surface area contributed by atoms with Crippen LogP contribution in [-0.4, -0.2) is 42.5 Å². The number of anilines is 3. The summed E-state index contributed by atoms with van der Waals surface area (Å²) < 4.78 is 16.5. The highest BCUT2D eigenvalue weighted by molar-refractivity contribution is 5.95. The van der Waals surface area contributed by atoms with Crippen molar-refractivity contribution in [2.75, 3.05) is 16.8 Å². The smallest absolute Gasteiger partial charge is 0.241 e. The van der Waals surface area contributed by atoms with Crippen LogP contribution in [0.3, 0.4) is 0 Å². The van der Waals surface area contributed by atoms with Gasteiger partial charge in [0.15, 0.2) is 0 Å². The van der Waals surface area contributed by atoms with E-state index < -0.39 is 11.5 Å². The van der Waals surface area contributed by atoms with Crippen molar-refractivity contribution >= 4 is 34.3 Å². The number of hydrogen-bond acceptors (Lipinski definition) is 7. The van der Waals surface area contributed by atoms with E-state index in [2.05, 4.69) is 25.3 Å². The van der Waals surface area contributed by atoms with Crippen molar-refractivity contribution < 1.29 is 9.18 Å². The molecule has 0 bridgehead atoms. The Morgan fingerprint density at radius 1 is 1.11 bits per heavy atom. The van der Waals surface area contributed by atoms with E-state index in [0.29, 0.717) is 35.8 Å². The maximum absolute atomic E-state index is 14.6. The van der Waals surface area contributed by atoms with Gasteiger partial charge in [0.25, 0.3) is 0 Å². The Morgan fingerprint density at radius 2 is 1.89 bits per heavy atom. The van der Waals surface area contributed by atoms with Crippen LogP contribution >= 0.6 is 0 Å². The predicted octanol–water partition coefficient (Wildman–Crippen LogP) is 4.20. The van der Waals surface area contributed by atoms with Gasteiger partial charge in [-0.2, -0.15) is 4.39 Å². The second-order valence-corrected chi connectivity index (χ2v) is 9.48. The van der Waals surface area contributed by atoms with Crippen molar-refractivity contribution in [3.8, 4) is 11.4 Å². The van der Waals surface area contributed by atoms with E-state index in [-0.39, 0.29) is 17.5 Å². The third-order valence-electron chi connectivity index (χ3n) is 6.19. The summed E-state index contributed by atoms with van der Waals surface area (Å²) in [5, 5.41) is 3.16. The molecule has 1 saturated heterocycles. The average molecular weight is 475 g/mol. The lowest BCUT2D eigenvalue weighted by Gasteiger charge is -2.36. The Morgan fingerprint density at radius 3 is 2.60 bits per heavy atom. The van der Waals surface area contributed by atoms with Crippen LogP contribution < -0.4 is 16.0 Å². The van der Waals surface area contributed by atoms with Gasteiger partial charge in [0.2, 0.25) is 17.8 Å². The van der Waals surface area contributed by atoms with Crippen LogP contribution in [0.4, 0.5) is 21.7 Å². The van der Waals surface area contributed by atoms with Crippen molar-refractivity contribution in [3.63, 3.8) is 0 Å². The molecule has 3 N–H and O–H groups in total. The summed E-state index contributed by atoms with van der Waals surface area (Å²) >= 11 is 0. The first-order valence-electron chi connectivity index (χ1n) is 11.5. The van der Waals surface area contributed by atoms with Crippen LogP contribution in [-0.2, 0) is 4.79 Å². The molecule has 4 aromatic rings. The molecule has 1 fully saturated rings. The van der Waals surface area contributed by atoms with Crippen molar-refractivity contribution in [3.05, 3.63) is 54.9 Å². The second-order valence-electron chi connectivity index (χ2n) is 9.48. The van der Waals surface area contributed by atoms with Crippen molar-refractivity contribution in [1.29, 1.82) is 0 Å². The number of nitrogens with zero attached hydrogens (tertiary/aromatic N) is 6. The highest BCUT2D eigenvalue weighted by Crippen LogP contribution is 2.28. The van der Waals surface area contributed by atoms with Crippen molar-refractivity contribution in [2.45, 2.75) is 45.2 Å². The lowest BCUT2D eigenvalue weighted by atomic mass is 9.90. The maximum atomic E-state index is 14.6. The highest BCUT2D eigenvalue weighted by atomic mass is 19.1. The van der Waals surface area contributed by atoms with E-state index in [9.17, 15) is 9.18 Å². The Kier molecular flexibility index (Phi) is 5.68. The number of nitrogens with two attached hydrogens (primary N) is 1. The lowest BCUT2D eigenvalue weighted by molar-refractivity contribution is -0.120. The Bertz CT molecular complexity index is 1400. The number of halogens is 1. The minimum atomic E-state index is -0.636. The first-order chi connectivity index (χ1) is 16.7. The van der Waals surface area contributed by atoms with Crippen LogP contribution in [0.25, 0.3) is 22.4 Å². The van der Waals surface area contributed by atoms with E-state index in [1.165, 1.54) is 0 Å².